The van der Waals surface area contributed by atoms with Gasteiger partial charge in [0, 0.05) is 23.2 Å². The molecule has 1 aliphatic rings. The molecule has 0 saturated carbocycles. The van der Waals surface area contributed by atoms with Crippen molar-refractivity contribution in [1.82, 2.24) is 0 Å². The van der Waals surface area contributed by atoms with Crippen molar-refractivity contribution in [3.05, 3.63) is 28.2 Å². The maximum Gasteiger partial charge on any atom is 0.0772 e. The maximum atomic E-state index is 9.46. The molecule has 0 radical (unpaired) electrons. The first-order chi connectivity index (χ1) is 6.68. The van der Waals surface area contributed by atoms with E-state index in [1.54, 1.807) is 6.92 Å². The van der Waals surface area contributed by atoms with Gasteiger partial charge in [-0.05, 0) is 31.0 Å². The number of benzene rings is 1. The van der Waals surface area contributed by atoms with E-state index in [1.165, 1.54) is 12.1 Å². The van der Waals surface area contributed by atoms with E-state index in [-0.39, 0.29) is 0 Å². The van der Waals surface area contributed by atoms with Crippen LogP contribution in [0.2, 0.25) is 0 Å². The predicted octanol–water partition coefficient (Wildman–Crippen LogP) is 2.71. The molecule has 1 N–H and O–H groups in total. The Hall–Kier alpha value is -0.540. The first-order valence-corrected chi connectivity index (χ1v) is 5.70. The molecule has 1 aromatic rings. The van der Waals surface area contributed by atoms with Crippen molar-refractivity contribution in [3.63, 3.8) is 0 Å². The third-order valence-electron chi connectivity index (χ3n) is 2.66. The first kappa shape index (κ1) is 9.99. The Kier molecular flexibility index (Phi) is 2.79. The topological polar surface area (TPSA) is 23.5 Å². The van der Waals surface area contributed by atoms with Crippen LogP contribution in [-0.4, -0.2) is 18.2 Å². The van der Waals surface area contributed by atoms with Crippen LogP contribution in [0.5, 0.6) is 0 Å². The standard InChI is InChI=1S/C11H14BrNO/c1-8(14)10-4-3-9(7-11(10)12)13-5-2-6-13/h3-4,7-8,14H,2,5-6H2,1H3/t8-/m1/s1. The maximum absolute atomic E-state index is 9.46. The van der Waals surface area contributed by atoms with Crippen molar-refractivity contribution < 1.29 is 5.11 Å². The number of halogens is 1. The number of hydrogen-bond acceptors (Lipinski definition) is 2. The molecule has 1 fully saturated rings. The highest BCUT2D eigenvalue weighted by molar-refractivity contribution is 9.10. The molecule has 0 unspecified atom stereocenters. The summed E-state index contributed by atoms with van der Waals surface area (Å²) in [5, 5.41) is 9.46. The highest BCUT2D eigenvalue weighted by Gasteiger charge is 2.15. The van der Waals surface area contributed by atoms with Gasteiger partial charge in [-0.1, -0.05) is 22.0 Å². The van der Waals surface area contributed by atoms with Gasteiger partial charge in [-0.15, -0.1) is 0 Å². The Labute approximate surface area is 92.7 Å². The predicted molar refractivity (Wildman–Crippen MR) is 61.6 cm³/mol. The molecule has 1 aliphatic heterocycles. The molecule has 1 aromatic carbocycles. The second-order valence-corrected chi connectivity index (χ2v) is 4.58. The van der Waals surface area contributed by atoms with Crippen molar-refractivity contribution in [2.75, 3.05) is 18.0 Å². The Morgan fingerprint density at radius 1 is 1.43 bits per heavy atom. The molecule has 3 heteroatoms. The molecule has 0 aromatic heterocycles. The minimum absolute atomic E-state index is 0.408. The number of aliphatic hydroxyl groups is 1. The van der Waals surface area contributed by atoms with E-state index in [4.69, 9.17) is 0 Å². The second kappa shape index (κ2) is 3.91. The summed E-state index contributed by atoms with van der Waals surface area (Å²) in [6.45, 7) is 4.09. The van der Waals surface area contributed by atoms with Crippen molar-refractivity contribution in [2.24, 2.45) is 0 Å². The SMILES string of the molecule is C[C@@H](O)c1ccc(N2CCC2)cc1Br. The van der Waals surface area contributed by atoms with Crippen molar-refractivity contribution >= 4 is 21.6 Å². The summed E-state index contributed by atoms with van der Waals surface area (Å²) in [6, 6.07) is 6.15. The van der Waals surface area contributed by atoms with Crippen molar-refractivity contribution in [1.29, 1.82) is 0 Å². The lowest BCUT2D eigenvalue weighted by molar-refractivity contribution is 0.198. The van der Waals surface area contributed by atoms with Gasteiger partial charge in [0.05, 0.1) is 6.10 Å². The summed E-state index contributed by atoms with van der Waals surface area (Å²) in [6.07, 6.45) is 0.880. The number of hydrogen-bond donors (Lipinski definition) is 1. The number of aliphatic hydroxyl groups excluding tert-OH is 1. The van der Waals surface area contributed by atoms with Gasteiger partial charge in [0.1, 0.15) is 0 Å². The average Bonchev–Trinajstić information content (AvgIpc) is 2.00. The molecule has 0 bridgehead atoms. The van der Waals surface area contributed by atoms with Gasteiger partial charge in [-0.25, -0.2) is 0 Å². The van der Waals surface area contributed by atoms with E-state index >= 15 is 0 Å². The van der Waals surface area contributed by atoms with Crippen LogP contribution in [0, 0.1) is 0 Å². The smallest absolute Gasteiger partial charge is 0.0772 e. The fourth-order valence-electron chi connectivity index (χ4n) is 1.63. The molecule has 2 rings (SSSR count). The van der Waals surface area contributed by atoms with E-state index in [1.807, 2.05) is 6.07 Å². The minimum Gasteiger partial charge on any atom is -0.389 e. The van der Waals surface area contributed by atoms with Crippen molar-refractivity contribution in [3.8, 4) is 0 Å². The number of anilines is 1. The third kappa shape index (κ3) is 1.79. The van der Waals surface area contributed by atoms with Crippen LogP contribution in [0.25, 0.3) is 0 Å². The highest BCUT2D eigenvalue weighted by atomic mass is 79.9. The normalized spacial score (nSPS) is 17.8. The first-order valence-electron chi connectivity index (χ1n) is 4.91. The lowest BCUT2D eigenvalue weighted by Gasteiger charge is -2.33. The van der Waals surface area contributed by atoms with Crippen LogP contribution in [0.15, 0.2) is 22.7 Å². The summed E-state index contributed by atoms with van der Waals surface area (Å²) >= 11 is 3.48. The largest absolute Gasteiger partial charge is 0.389 e. The molecule has 0 spiro atoms. The summed E-state index contributed by atoms with van der Waals surface area (Å²) in [7, 11) is 0. The number of nitrogens with zero attached hydrogens (tertiary/aromatic N) is 1. The Bertz CT molecular complexity index is 334. The monoisotopic (exact) mass is 255 g/mol. The van der Waals surface area contributed by atoms with Crippen LogP contribution in [-0.2, 0) is 0 Å². The summed E-state index contributed by atoms with van der Waals surface area (Å²) in [4.78, 5) is 2.33. The second-order valence-electron chi connectivity index (χ2n) is 3.72. The van der Waals surface area contributed by atoms with Gasteiger partial charge in [-0.3, -0.25) is 0 Å². The molecular formula is C11H14BrNO. The zero-order valence-corrected chi connectivity index (χ0v) is 9.79. The molecule has 1 heterocycles. The lowest BCUT2D eigenvalue weighted by Crippen LogP contribution is -2.36. The van der Waals surface area contributed by atoms with Crippen LogP contribution in [0.3, 0.4) is 0 Å². The summed E-state index contributed by atoms with van der Waals surface area (Å²) in [5.41, 5.74) is 2.20. The lowest BCUT2D eigenvalue weighted by atomic mass is 10.1. The van der Waals surface area contributed by atoms with Crippen LogP contribution >= 0.6 is 15.9 Å². The van der Waals surface area contributed by atoms with Gasteiger partial charge < -0.3 is 10.0 Å². The fraction of sp³-hybridized carbons (Fsp3) is 0.455. The van der Waals surface area contributed by atoms with E-state index in [2.05, 4.69) is 33.0 Å². The van der Waals surface area contributed by atoms with Crippen LogP contribution in [0.4, 0.5) is 5.69 Å². The minimum atomic E-state index is -0.408. The molecule has 0 aliphatic carbocycles. The molecule has 1 saturated heterocycles. The highest BCUT2D eigenvalue weighted by Crippen LogP contribution is 2.29. The molecular weight excluding hydrogens is 242 g/mol. The Morgan fingerprint density at radius 2 is 2.14 bits per heavy atom. The quantitative estimate of drug-likeness (QED) is 0.879. The van der Waals surface area contributed by atoms with Gasteiger partial charge >= 0.3 is 0 Å². The zero-order valence-electron chi connectivity index (χ0n) is 8.20. The summed E-state index contributed by atoms with van der Waals surface area (Å²) < 4.78 is 0.997. The van der Waals surface area contributed by atoms with Gasteiger partial charge in [-0.2, -0.15) is 0 Å². The molecule has 0 amide bonds. The van der Waals surface area contributed by atoms with Crippen molar-refractivity contribution in [2.45, 2.75) is 19.4 Å². The van der Waals surface area contributed by atoms with E-state index in [0.29, 0.717) is 0 Å². The molecule has 2 nitrogen and oxygen atoms in total. The van der Waals surface area contributed by atoms with E-state index in [0.717, 1.165) is 23.1 Å². The van der Waals surface area contributed by atoms with Crippen LogP contribution < -0.4 is 4.90 Å². The van der Waals surface area contributed by atoms with Gasteiger partial charge in [0.25, 0.3) is 0 Å². The number of rotatable bonds is 2. The van der Waals surface area contributed by atoms with E-state index in [9.17, 15) is 5.11 Å². The Balaban J connectivity index is 2.25. The molecule has 76 valence electrons. The van der Waals surface area contributed by atoms with E-state index < -0.39 is 6.10 Å². The Morgan fingerprint density at radius 3 is 2.57 bits per heavy atom. The van der Waals surface area contributed by atoms with Gasteiger partial charge in [0.2, 0.25) is 0 Å². The van der Waals surface area contributed by atoms with Crippen LogP contribution in [0.1, 0.15) is 25.0 Å². The molecule has 14 heavy (non-hydrogen) atoms. The van der Waals surface area contributed by atoms with Gasteiger partial charge in [0.15, 0.2) is 0 Å². The third-order valence-corrected chi connectivity index (χ3v) is 3.34. The summed E-state index contributed by atoms with van der Waals surface area (Å²) in [5.74, 6) is 0. The zero-order chi connectivity index (χ0) is 10.1. The fourth-order valence-corrected chi connectivity index (χ4v) is 2.32. The average molecular weight is 256 g/mol. The molecule has 1 atom stereocenters.